The van der Waals surface area contributed by atoms with Crippen LogP contribution in [0.15, 0.2) is 35.3 Å². The van der Waals surface area contributed by atoms with E-state index in [4.69, 9.17) is 4.42 Å². The van der Waals surface area contributed by atoms with Crippen molar-refractivity contribution in [3.8, 4) is 0 Å². The quantitative estimate of drug-likeness (QED) is 0.878. The molecule has 1 aliphatic heterocycles. The number of imidazole rings is 1. The summed E-state index contributed by atoms with van der Waals surface area (Å²) in [5.74, 6) is -0.608. The molecule has 3 heterocycles. The van der Waals surface area contributed by atoms with Crippen molar-refractivity contribution < 1.29 is 19.1 Å². The first-order valence-electron chi connectivity index (χ1n) is 7.60. The number of hydrogen-bond acceptors (Lipinski definition) is 4. The molecule has 2 atom stereocenters. The maximum atomic E-state index is 12.3. The predicted molar refractivity (Wildman–Crippen MR) is 80.5 cm³/mol. The van der Waals surface area contributed by atoms with Crippen molar-refractivity contribution in [2.45, 2.75) is 32.4 Å². The second-order valence-corrected chi connectivity index (χ2v) is 5.78. The fraction of sp³-hybridized carbons (Fsp3) is 0.438. The molecule has 0 radical (unpaired) electrons. The van der Waals surface area contributed by atoms with Crippen molar-refractivity contribution in [3.05, 3.63) is 42.4 Å². The minimum Gasteiger partial charge on any atom is -0.481 e. The smallest absolute Gasteiger partial charge is 0.309 e. The molecule has 23 heavy (non-hydrogen) atoms. The molecule has 0 aromatic carbocycles. The first-order chi connectivity index (χ1) is 11.1. The topological polar surface area (TPSA) is 88.6 Å². The number of aryl methyl sites for hydroxylation is 2. The lowest BCUT2D eigenvalue weighted by Gasteiger charge is -2.25. The number of carboxylic acids is 1. The summed E-state index contributed by atoms with van der Waals surface area (Å²) in [6.45, 7) is 3.02. The maximum absolute atomic E-state index is 12.3. The van der Waals surface area contributed by atoms with Crippen LogP contribution < -0.4 is 0 Å². The molecule has 2 aromatic rings. The van der Waals surface area contributed by atoms with Gasteiger partial charge in [0.25, 0.3) is 0 Å². The Balaban J connectivity index is 1.75. The molecule has 0 aliphatic carbocycles. The van der Waals surface area contributed by atoms with Crippen LogP contribution in [0.2, 0.25) is 0 Å². The van der Waals surface area contributed by atoms with Gasteiger partial charge in [-0.1, -0.05) is 0 Å². The van der Waals surface area contributed by atoms with E-state index in [9.17, 15) is 14.7 Å². The molecule has 2 unspecified atom stereocenters. The third-order valence-corrected chi connectivity index (χ3v) is 4.18. The molecule has 1 N–H and O–H groups in total. The van der Waals surface area contributed by atoms with Crippen molar-refractivity contribution in [3.63, 3.8) is 0 Å². The standard InChI is InChI=1S/C16H19N3O4/c1-11-3-4-13(23-11)15-12(16(21)22)9-14(20)19(15)7-2-6-18-8-5-17-10-18/h3-5,8,10,12,15H,2,6-7,9H2,1H3,(H,21,22). The Morgan fingerprint density at radius 1 is 1.43 bits per heavy atom. The molecule has 0 saturated carbocycles. The summed E-state index contributed by atoms with van der Waals surface area (Å²) in [6.07, 6.45) is 6.03. The number of carboxylic acid groups (broad SMARTS) is 1. The van der Waals surface area contributed by atoms with Gasteiger partial charge in [-0.25, -0.2) is 4.98 Å². The fourth-order valence-electron chi connectivity index (χ4n) is 3.08. The highest BCUT2D eigenvalue weighted by molar-refractivity contribution is 5.87. The van der Waals surface area contributed by atoms with Crippen LogP contribution in [0.5, 0.6) is 0 Å². The average Bonchev–Trinajstić information content (AvgIpc) is 3.21. The number of nitrogens with zero attached hydrogens (tertiary/aromatic N) is 3. The van der Waals surface area contributed by atoms with E-state index in [1.807, 2.05) is 10.8 Å². The van der Waals surface area contributed by atoms with Crippen molar-refractivity contribution in [2.75, 3.05) is 6.54 Å². The monoisotopic (exact) mass is 317 g/mol. The van der Waals surface area contributed by atoms with Gasteiger partial charge in [0.15, 0.2) is 0 Å². The van der Waals surface area contributed by atoms with Crippen molar-refractivity contribution in [2.24, 2.45) is 5.92 Å². The van der Waals surface area contributed by atoms with E-state index in [0.29, 0.717) is 18.1 Å². The predicted octanol–water partition coefficient (Wildman–Crippen LogP) is 1.85. The maximum Gasteiger partial charge on any atom is 0.309 e. The van der Waals surface area contributed by atoms with E-state index in [0.717, 1.165) is 13.0 Å². The number of carbonyl (C=O) groups is 2. The lowest BCUT2D eigenvalue weighted by molar-refractivity contribution is -0.143. The number of rotatable bonds is 6. The highest BCUT2D eigenvalue weighted by Crippen LogP contribution is 2.39. The van der Waals surface area contributed by atoms with Crippen LogP contribution in [-0.4, -0.2) is 38.0 Å². The number of carbonyl (C=O) groups excluding carboxylic acids is 1. The SMILES string of the molecule is Cc1ccc(C2C(C(=O)O)CC(=O)N2CCCn2ccnc2)o1. The molecule has 7 nitrogen and oxygen atoms in total. The lowest BCUT2D eigenvalue weighted by atomic mass is 9.98. The minimum atomic E-state index is -0.963. The second kappa shape index (κ2) is 6.28. The number of aromatic nitrogens is 2. The zero-order valence-corrected chi connectivity index (χ0v) is 12.9. The van der Waals surface area contributed by atoms with Gasteiger partial charge in [0.05, 0.1) is 12.2 Å². The van der Waals surface area contributed by atoms with Crippen LogP contribution in [0, 0.1) is 12.8 Å². The summed E-state index contributed by atoms with van der Waals surface area (Å²) in [7, 11) is 0. The van der Waals surface area contributed by atoms with Crippen molar-refractivity contribution in [1.29, 1.82) is 0 Å². The molecule has 0 spiro atoms. The minimum absolute atomic E-state index is 0.0187. The second-order valence-electron chi connectivity index (χ2n) is 5.78. The van der Waals surface area contributed by atoms with Gasteiger partial charge in [-0.3, -0.25) is 9.59 Å². The van der Waals surface area contributed by atoms with Gasteiger partial charge < -0.3 is 19.0 Å². The van der Waals surface area contributed by atoms with Gasteiger partial charge in [0, 0.05) is 31.9 Å². The summed E-state index contributed by atoms with van der Waals surface area (Å²) >= 11 is 0. The zero-order chi connectivity index (χ0) is 16.4. The Bertz CT molecular complexity index is 692. The average molecular weight is 317 g/mol. The number of aliphatic carboxylic acids is 1. The summed E-state index contributed by atoms with van der Waals surface area (Å²) < 4.78 is 7.54. The molecule has 1 aliphatic rings. The van der Waals surface area contributed by atoms with Crippen molar-refractivity contribution in [1.82, 2.24) is 14.5 Å². The normalized spacial score (nSPS) is 21.1. The first-order valence-corrected chi connectivity index (χ1v) is 7.60. The molecule has 1 saturated heterocycles. The Hall–Kier alpha value is -2.57. The van der Waals surface area contributed by atoms with E-state index in [1.165, 1.54) is 0 Å². The summed E-state index contributed by atoms with van der Waals surface area (Å²) in [5, 5.41) is 9.43. The number of furan rings is 1. The Kier molecular flexibility index (Phi) is 4.18. The van der Waals surface area contributed by atoms with Crippen LogP contribution in [0.25, 0.3) is 0 Å². The summed E-state index contributed by atoms with van der Waals surface area (Å²) in [5.41, 5.74) is 0. The van der Waals surface area contributed by atoms with E-state index in [-0.39, 0.29) is 12.3 Å². The third kappa shape index (κ3) is 3.13. The number of likely N-dealkylation sites (tertiary alicyclic amines) is 1. The molecule has 7 heteroatoms. The molecular weight excluding hydrogens is 298 g/mol. The zero-order valence-electron chi connectivity index (χ0n) is 12.9. The van der Waals surface area contributed by atoms with E-state index in [1.54, 1.807) is 36.5 Å². The van der Waals surface area contributed by atoms with E-state index < -0.39 is 17.9 Å². The molecule has 1 fully saturated rings. The third-order valence-electron chi connectivity index (χ3n) is 4.18. The van der Waals surface area contributed by atoms with Gasteiger partial charge >= 0.3 is 5.97 Å². The largest absolute Gasteiger partial charge is 0.481 e. The highest BCUT2D eigenvalue weighted by Gasteiger charge is 2.45. The van der Waals surface area contributed by atoms with Gasteiger partial charge in [-0.15, -0.1) is 0 Å². The molecule has 2 aromatic heterocycles. The van der Waals surface area contributed by atoms with Gasteiger partial charge in [0.2, 0.25) is 5.91 Å². The molecule has 3 rings (SSSR count). The molecule has 122 valence electrons. The highest BCUT2D eigenvalue weighted by atomic mass is 16.4. The fourth-order valence-corrected chi connectivity index (χ4v) is 3.08. The van der Waals surface area contributed by atoms with Gasteiger partial charge in [-0.2, -0.15) is 0 Å². The van der Waals surface area contributed by atoms with Crippen LogP contribution in [-0.2, 0) is 16.1 Å². The Morgan fingerprint density at radius 3 is 2.87 bits per heavy atom. The summed E-state index contributed by atoms with van der Waals surface area (Å²) in [6, 6.07) is 3.02. The van der Waals surface area contributed by atoms with Gasteiger partial charge in [-0.05, 0) is 25.5 Å². The Labute approximate surface area is 133 Å². The van der Waals surface area contributed by atoms with E-state index in [2.05, 4.69) is 4.98 Å². The number of hydrogen-bond donors (Lipinski definition) is 1. The van der Waals surface area contributed by atoms with Crippen LogP contribution in [0.1, 0.15) is 30.4 Å². The lowest BCUT2D eigenvalue weighted by Crippen LogP contribution is -2.31. The Morgan fingerprint density at radius 2 is 2.26 bits per heavy atom. The van der Waals surface area contributed by atoms with Crippen LogP contribution in [0.3, 0.4) is 0 Å². The molecule has 0 bridgehead atoms. The first kappa shape index (κ1) is 15.3. The van der Waals surface area contributed by atoms with Gasteiger partial charge in [0.1, 0.15) is 17.6 Å². The van der Waals surface area contributed by atoms with Crippen LogP contribution >= 0.6 is 0 Å². The van der Waals surface area contributed by atoms with Crippen molar-refractivity contribution >= 4 is 11.9 Å². The molecule has 1 amide bonds. The number of amides is 1. The van der Waals surface area contributed by atoms with Crippen LogP contribution in [0.4, 0.5) is 0 Å². The molecular formula is C16H19N3O4. The van der Waals surface area contributed by atoms with E-state index >= 15 is 0 Å². The summed E-state index contributed by atoms with van der Waals surface area (Å²) in [4.78, 5) is 29.4.